The van der Waals surface area contributed by atoms with E-state index in [1.165, 1.54) is 20.3 Å². The van der Waals surface area contributed by atoms with Crippen LogP contribution in [0, 0.1) is 16.0 Å². The molecule has 2 atom stereocenters. The Hall–Kier alpha value is -2.06. The fraction of sp³-hybridized carbons (Fsp3) is 0.562. The van der Waals surface area contributed by atoms with Gasteiger partial charge in [-0.1, -0.05) is 20.3 Å². The van der Waals surface area contributed by atoms with E-state index in [0.717, 1.165) is 6.42 Å². The minimum absolute atomic E-state index is 0. The Balaban J connectivity index is 0.00000576. The molecular weight excluding hydrogens is 350 g/mol. The number of nitro benzene ring substituents is 1. The van der Waals surface area contributed by atoms with Crippen LogP contribution < -0.4 is 20.5 Å². The summed E-state index contributed by atoms with van der Waals surface area (Å²) in [5, 5.41) is 13.9. The average molecular weight is 376 g/mol. The molecule has 0 saturated carbocycles. The van der Waals surface area contributed by atoms with E-state index in [1.807, 2.05) is 13.8 Å². The third-order valence-electron chi connectivity index (χ3n) is 4.03. The van der Waals surface area contributed by atoms with Crippen molar-refractivity contribution >= 4 is 24.0 Å². The van der Waals surface area contributed by atoms with E-state index in [-0.39, 0.29) is 48.6 Å². The van der Waals surface area contributed by atoms with Crippen molar-refractivity contribution in [3.63, 3.8) is 0 Å². The second-order valence-corrected chi connectivity index (χ2v) is 5.55. The van der Waals surface area contributed by atoms with Crippen LogP contribution in [0.1, 0.15) is 25.8 Å². The Morgan fingerprint density at radius 3 is 2.36 bits per heavy atom. The summed E-state index contributed by atoms with van der Waals surface area (Å²) in [7, 11) is 2.87. The monoisotopic (exact) mass is 375 g/mol. The van der Waals surface area contributed by atoms with Gasteiger partial charge in [0.25, 0.3) is 5.69 Å². The molecule has 0 radical (unpaired) electrons. The van der Waals surface area contributed by atoms with E-state index in [9.17, 15) is 14.9 Å². The van der Waals surface area contributed by atoms with Crippen molar-refractivity contribution in [2.75, 3.05) is 20.8 Å². The molecule has 0 aromatic heterocycles. The van der Waals surface area contributed by atoms with Crippen LogP contribution in [0.3, 0.4) is 0 Å². The van der Waals surface area contributed by atoms with E-state index >= 15 is 0 Å². The van der Waals surface area contributed by atoms with Crippen LogP contribution >= 0.6 is 12.4 Å². The topological polar surface area (TPSA) is 117 Å². The lowest BCUT2D eigenvalue weighted by Crippen LogP contribution is -2.45. The summed E-state index contributed by atoms with van der Waals surface area (Å²) < 4.78 is 10.2. The second kappa shape index (κ2) is 10.7. The fourth-order valence-corrected chi connectivity index (χ4v) is 2.23. The maximum Gasteiger partial charge on any atom is 0.276 e. The number of benzene rings is 1. The van der Waals surface area contributed by atoms with Crippen LogP contribution in [0.25, 0.3) is 0 Å². The first kappa shape index (κ1) is 22.9. The summed E-state index contributed by atoms with van der Waals surface area (Å²) in [5.41, 5.74) is 6.23. The van der Waals surface area contributed by atoms with Crippen LogP contribution in [0.2, 0.25) is 0 Å². The summed E-state index contributed by atoms with van der Waals surface area (Å²) >= 11 is 0. The van der Waals surface area contributed by atoms with Gasteiger partial charge in [-0.2, -0.15) is 0 Å². The number of nitrogens with two attached hydrogens (primary N) is 1. The van der Waals surface area contributed by atoms with Crippen molar-refractivity contribution in [2.24, 2.45) is 11.7 Å². The number of hydrogen-bond acceptors (Lipinski definition) is 6. The summed E-state index contributed by atoms with van der Waals surface area (Å²) in [6, 6.07) is 2.29. The SMILES string of the molecule is CCC(C)C(N)C(=O)NCCc1cc(OC)c(OC)cc1[N+](=O)[O-].Cl. The molecule has 0 bridgehead atoms. The Kier molecular flexibility index (Phi) is 9.85. The Bertz CT molecular complexity index is 597. The molecule has 8 nitrogen and oxygen atoms in total. The van der Waals surface area contributed by atoms with Gasteiger partial charge in [0, 0.05) is 12.1 Å². The highest BCUT2D eigenvalue weighted by molar-refractivity contribution is 5.85. The number of carbonyl (C=O) groups excluding carboxylic acids is 1. The predicted octanol–water partition coefficient (Wildman–Crippen LogP) is 2.07. The first-order chi connectivity index (χ1) is 11.3. The van der Waals surface area contributed by atoms with E-state index in [1.54, 1.807) is 6.07 Å². The minimum Gasteiger partial charge on any atom is -0.493 e. The van der Waals surface area contributed by atoms with Gasteiger partial charge in [-0.15, -0.1) is 12.4 Å². The molecule has 0 aliphatic carbocycles. The second-order valence-electron chi connectivity index (χ2n) is 5.55. The summed E-state index contributed by atoms with van der Waals surface area (Å²) in [6.45, 7) is 4.12. The highest BCUT2D eigenvalue weighted by atomic mass is 35.5. The predicted molar refractivity (Wildman–Crippen MR) is 97.6 cm³/mol. The fourth-order valence-electron chi connectivity index (χ4n) is 2.23. The third-order valence-corrected chi connectivity index (χ3v) is 4.03. The van der Waals surface area contributed by atoms with Crippen molar-refractivity contribution in [3.8, 4) is 11.5 Å². The van der Waals surface area contributed by atoms with Gasteiger partial charge in [-0.05, 0) is 18.4 Å². The maximum atomic E-state index is 12.0. The zero-order valence-electron chi connectivity index (χ0n) is 14.9. The Labute approximate surface area is 153 Å². The zero-order chi connectivity index (χ0) is 18.3. The van der Waals surface area contributed by atoms with Crippen molar-refractivity contribution in [3.05, 3.63) is 27.8 Å². The molecule has 1 aromatic carbocycles. The molecule has 9 heteroatoms. The standard InChI is InChI=1S/C16H25N3O5.ClH/c1-5-10(2)15(17)16(20)18-7-6-11-8-13(23-3)14(24-4)9-12(11)19(21)22;/h8-10,15H,5-7,17H2,1-4H3,(H,18,20);1H. The van der Waals surface area contributed by atoms with Gasteiger partial charge in [-0.25, -0.2) is 0 Å². The molecule has 1 amide bonds. The molecular formula is C16H26ClN3O5. The van der Waals surface area contributed by atoms with Crippen molar-refractivity contribution in [2.45, 2.75) is 32.7 Å². The largest absolute Gasteiger partial charge is 0.493 e. The average Bonchev–Trinajstić information content (AvgIpc) is 2.59. The van der Waals surface area contributed by atoms with Gasteiger partial charge in [0.05, 0.1) is 31.3 Å². The van der Waals surface area contributed by atoms with Crippen LogP contribution in [0.5, 0.6) is 11.5 Å². The summed E-state index contributed by atoms with van der Waals surface area (Å²) in [4.78, 5) is 22.7. The zero-order valence-corrected chi connectivity index (χ0v) is 15.7. The summed E-state index contributed by atoms with van der Waals surface area (Å²) in [6.07, 6.45) is 1.09. The molecule has 0 fully saturated rings. The van der Waals surface area contributed by atoms with E-state index in [4.69, 9.17) is 15.2 Å². The lowest BCUT2D eigenvalue weighted by molar-refractivity contribution is -0.385. The Morgan fingerprint density at radius 1 is 1.32 bits per heavy atom. The number of methoxy groups -OCH3 is 2. The first-order valence-corrected chi connectivity index (χ1v) is 7.78. The quantitative estimate of drug-likeness (QED) is 0.504. The highest BCUT2D eigenvalue weighted by Gasteiger charge is 2.21. The van der Waals surface area contributed by atoms with Crippen LogP contribution in [0.4, 0.5) is 5.69 Å². The number of ether oxygens (including phenoxy) is 2. The number of halogens is 1. The lowest BCUT2D eigenvalue weighted by Gasteiger charge is -2.17. The highest BCUT2D eigenvalue weighted by Crippen LogP contribution is 2.34. The van der Waals surface area contributed by atoms with E-state index in [2.05, 4.69) is 5.32 Å². The minimum atomic E-state index is -0.588. The molecule has 0 heterocycles. The number of nitrogens with one attached hydrogen (secondary N) is 1. The molecule has 1 rings (SSSR count). The molecule has 0 saturated heterocycles. The van der Waals surface area contributed by atoms with Gasteiger partial charge in [0.2, 0.25) is 5.91 Å². The van der Waals surface area contributed by atoms with Gasteiger partial charge >= 0.3 is 0 Å². The smallest absolute Gasteiger partial charge is 0.276 e. The molecule has 0 aliphatic heterocycles. The van der Waals surface area contributed by atoms with Gasteiger partial charge in [0.15, 0.2) is 11.5 Å². The lowest BCUT2D eigenvalue weighted by atomic mass is 9.99. The molecule has 25 heavy (non-hydrogen) atoms. The molecule has 0 spiro atoms. The number of nitro groups is 1. The summed E-state index contributed by atoms with van der Waals surface area (Å²) in [5.74, 6) is 0.504. The Morgan fingerprint density at radius 2 is 1.88 bits per heavy atom. The number of amides is 1. The normalized spacial score (nSPS) is 12.5. The van der Waals surface area contributed by atoms with Crippen LogP contribution in [-0.2, 0) is 11.2 Å². The number of rotatable bonds is 9. The van der Waals surface area contributed by atoms with Crippen molar-refractivity contribution in [1.82, 2.24) is 5.32 Å². The van der Waals surface area contributed by atoms with Crippen LogP contribution in [0.15, 0.2) is 12.1 Å². The maximum absolute atomic E-state index is 12.0. The molecule has 1 aromatic rings. The molecule has 2 unspecified atom stereocenters. The number of nitrogens with zero attached hydrogens (tertiary/aromatic N) is 1. The van der Waals surface area contributed by atoms with Gasteiger partial charge in [-0.3, -0.25) is 14.9 Å². The molecule has 0 aliphatic rings. The molecule has 142 valence electrons. The molecule has 3 N–H and O–H groups in total. The number of hydrogen-bond donors (Lipinski definition) is 2. The van der Waals surface area contributed by atoms with Crippen molar-refractivity contribution in [1.29, 1.82) is 0 Å². The van der Waals surface area contributed by atoms with Crippen molar-refractivity contribution < 1.29 is 19.2 Å². The first-order valence-electron chi connectivity index (χ1n) is 7.78. The van der Waals surface area contributed by atoms with E-state index in [0.29, 0.717) is 11.3 Å². The third kappa shape index (κ3) is 6.06. The van der Waals surface area contributed by atoms with Crippen LogP contribution in [-0.4, -0.2) is 37.6 Å². The number of carbonyl (C=O) groups is 1. The van der Waals surface area contributed by atoms with Gasteiger partial charge < -0.3 is 20.5 Å². The van der Waals surface area contributed by atoms with Gasteiger partial charge in [0.1, 0.15) is 0 Å². The van der Waals surface area contributed by atoms with E-state index < -0.39 is 11.0 Å².